The lowest BCUT2D eigenvalue weighted by Gasteiger charge is -2.05. The number of hydrogen-bond donors (Lipinski definition) is 2. The normalized spacial score (nSPS) is 9.91. The van der Waals surface area contributed by atoms with E-state index >= 15 is 0 Å². The summed E-state index contributed by atoms with van der Waals surface area (Å²) in [6.45, 7) is 2.07. The second kappa shape index (κ2) is 14.9. The smallest absolute Gasteiger partial charge is 0.119 e. The molecule has 8 heteroatoms. The van der Waals surface area contributed by atoms with Crippen molar-refractivity contribution in [3.63, 3.8) is 0 Å². The molecule has 3 radical (unpaired) electrons. The molecule has 0 atom stereocenters. The highest BCUT2D eigenvalue weighted by molar-refractivity contribution is 5.75. The number of hydrogen-bond acceptors (Lipinski definition) is 7. The van der Waals surface area contributed by atoms with Crippen LogP contribution >= 0.6 is 0 Å². The van der Waals surface area contributed by atoms with E-state index < -0.39 is 0 Å². The van der Waals surface area contributed by atoms with Gasteiger partial charge >= 0.3 is 0 Å². The van der Waals surface area contributed by atoms with E-state index in [2.05, 4.69) is 39.0 Å². The fourth-order valence-electron chi connectivity index (χ4n) is 4.17. The van der Waals surface area contributed by atoms with Crippen LogP contribution in [-0.2, 0) is 0 Å². The van der Waals surface area contributed by atoms with Gasteiger partial charge in [-0.05, 0) is 49.4 Å². The highest BCUT2D eigenvalue weighted by Crippen LogP contribution is 2.25. The van der Waals surface area contributed by atoms with Crippen LogP contribution in [0.15, 0.2) is 122 Å². The van der Waals surface area contributed by atoms with E-state index in [4.69, 9.17) is 4.74 Å². The Hall–Kier alpha value is -5.50. The van der Waals surface area contributed by atoms with Gasteiger partial charge in [0.1, 0.15) is 17.2 Å². The Balaban J connectivity index is 0.000000225. The molecule has 0 amide bonds. The van der Waals surface area contributed by atoms with Gasteiger partial charge in [-0.3, -0.25) is 19.9 Å². The predicted molar refractivity (Wildman–Crippen MR) is 173 cm³/mol. The predicted octanol–water partition coefficient (Wildman–Crippen LogP) is 7.60. The molecule has 0 spiro atoms. The molecule has 2 N–H and O–H groups in total. The van der Waals surface area contributed by atoms with Crippen molar-refractivity contribution in [3.05, 3.63) is 127 Å². The van der Waals surface area contributed by atoms with Crippen molar-refractivity contribution in [2.45, 2.75) is 14.4 Å². The van der Waals surface area contributed by atoms with Crippen LogP contribution in [0.1, 0.15) is 13.0 Å². The van der Waals surface area contributed by atoms with Crippen LogP contribution in [0.25, 0.3) is 45.0 Å². The number of aryl methyl sites for hydroxylation is 1. The number of phenols is 2. The Labute approximate surface area is 254 Å². The second-order valence-corrected chi connectivity index (χ2v) is 9.28. The summed E-state index contributed by atoms with van der Waals surface area (Å²) >= 11 is 0. The van der Waals surface area contributed by atoms with Crippen molar-refractivity contribution in [2.75, 3.05) is 7.11 Å². The monoisotopic (exact) mass is 567 g/mol. The lowest BCUT2D eigenvalue weighted by Crippen LogP contribution is -1.90. The van der Waals surface area contributed by atoms with Crippen LogP contribution in [0.2, 0.25) is 0 Å². The summed E-state index contributed by atoms with van der Waals surface area (Å²) in [6, 6.07) is 29.8. The highest BCUT2D eigenvalue weighted by atomic mass is 16.5. The first kappa shape index (κ1) is 32.0. The number of rotatable bonds is 5. The Morgan fingerprint density at radius 1 is 0.512 bits per heavy atom. The molecule has 2 aromatic heterocycles. The maximum atomic E-state index is 9.46. The Morgan fingerprint density at radius 2 is 0.884 bits per heavy atom. The van der Waals surface area contributed by atoms with E-state index in [1.165, 1.54) is 5.56 Å². The van der Waals surface area contributed by atoms with Gasteiger partial charge in [-0.25, -0.2) is 0 Å². The Kier molecular flexibility index (Phi) is 11.1. The molecule has 6 rings (SSSR count). The van der Waals surface area contributed by atoms with E-state index in [0.29, 0.717) is 11.4 Å². The molecule has 0 aliphatic heterocycles. The lowest BCUT2D eigenvalue weighted by atomic mass is 10.1. The molecule has 0 unspecified atom stereocenters. The first-order valence-corrected chi connectivity index (χ1v) is 12.9. The van der Waals surface area contributed by atoms with Gasteiger partial charge in [0.15, 0.2) is 0 Å². The van der Waals surface area contributed by atoms with E-state index in [9.17, 15) is 10.2 Å². The van der Waals surface area contributed by atoms with Crippen LogP contribution in [0.5, 0.6) is 17.2 Å². The maximum absolute atomic E-state index is 9.46. The molecule has 6 aromatic rings. The standard InChI is InChI=1S/C18H16N2O.C16H12N2O2.CH4.B/c1-13-5-3-6-14(9-13)17-11-20-18(12-19-17)15-7-4-8-16(10-15)21-2;19-13-5-1-3-11(7-13)15-9-18-16(10-17-15)12-4-2-6-14(20)8-12;;/h3-12H,1-2H3;1-10,19-20H;1H4;. The summed E-state index contributed by atoms with van der Waals surface area (Å²) in [5.74, 6) is 1.21. The molecular formula is C35H32BN4O3. The summed E-state index contributed by atoms with van der Waals surface area (Å²) in [6.07, 6.45) is 6.90. The Morgan fingerprint density at radius 3 is 1.26 bits per heavy atom. The van der Waals surface area contributed by atoms with Crippen molar-refractivity contribution in [1.29, 1.82) is 0 Å². The number of ether oxygens (including phenoxy) is 1. The topological polar surface area (TPSA) is 101 Å². The average molecular weight is 567 g/mol. The van der Waals surface area contributed by atoms with Crippen LogP contribution in [0, 0.1) is 6.92 Å². The van der Waals surface area contributed by atoms with Gasteiger partial charge in [0.05, 0.1) is 54.7 Å². The molecule has 2 heterocycles. The van der Waals surface area contributed by atoms with Gasteiger partial charge in [-0.2, -0.15) is 0 Å². The fourth-order valence-corrected chi connectivity index (χ4v) is 4.17. The zero-order valence-corrected chi connectivity index (χ0v) is 23.2. The SMILES string of the molecule is C.COc1cccc(-c2cnc(-c3cccc(C)c3)cn2)c1.Oc1cccc(-c2cnc(-c3cccc(O)c3)cn2)c1.[B]. The van der Waals surface area contributed by atoms with Crippen molar-refractivity contribution in [1.82, 2.24) is 19.9 Å². The van der Waals surface area contributed by atoms with Gasteiger partial charge in [0.2, 0.25) is 0 Å². The Bertz CT molecular complexity index is 1700. The quantitative estimate of drug-likeness (QED) is 0.207. The molecule has 0 saturated carbocycles. The van der Waals surface area contributed by atoms with Crippen molar-refractivity contribution in [3.8, 4) is 62.3 Å². The van der Waals surface area contributed by atoms with Crippen LogP contribution in [-0.4, -0.2) is 45.7 Å². The van der Waals surface area contributed by atoms with Crippen molar-refractivity contribution < 1.29 is 14.9 Å². The van der Waals surface area contributed by atoms with Crippen molar-refractivity contribution in [2.24, 2.45) is 0 Å². The van der Waals surface area contributed by atoms with E-state index in [-0.39, 0.29) is 27.3 Å². The van der Waals surface area contributed by atoms with Gasteiger partial charge in [0.25, 0.3) is 0 Å². The summed E-state index contributed by atoms with van der Waals surface area (Å²) in [7, 11) is 1.66. The third-order valence-electron chi connectivity index (χ3n) is 6.27. The summed E-state index contributed by atoms with van der Waals surface area (Å²) in [5.41, 5.74) is 7.99. The van der Waals surface area contributed by atoms with Gasteiger partial charge < -0.3 is 14.9 Å². The number of nitrogens with zero attached hydrogens (tertiary/aromatic N) is 4. The van der Waals surface area contributed by atoms with E-state index in [1.807, 2.05) is 54.7 Å². The maximum Gasteiger partial charge on any atom is 0.119 e. The minimum atomic E-state index is 0. The van der Waals surface area contributed by atoms with E-state index in [1.54, 1.807) is 62.1 Å². The lowest BCUT2D eigenvalue weighted by molar-refractivity contribution is 0.415. The molecule has 0 aliphatic carbocycles. The molecule has 213 valence electrons. The number of aromatic hydroxyl groups is 2. The zero-order chi connectivity index (χ0) is 28.6. The molecule has 7 nitrogen and oxygen atoms in total. The second-order valence-electron chi connectivity index (χ2n) is 9.28. The molecule has 0 aliphatic rings. The minimum Gasteiger partial charge on any atom is -0.508 e. The van der Waals surface area contributed by atoms with Gasteiger partial charge in [0, 0.05) is 30.7 Å². The molecule has 0 fully saturated rings. The molecular weight excluding hydrogens is 535 g/mol. The molecule has 43 heavy (non-hydrogen) atoms. The van der Waals surface area contributed by atoms with Crippen molar-refractivity contribution >= 4 is 8.41 Å². The number of phenolic OH excluding ortho intramolecular Hbond substituents is 2. The number of aromatic nitrogens is 4. The first-order valence-electron chi connectivity index (χ1n) is 12.9. The summed E-state index contributed by atoms with van der Waals surface area (Å²) in [4.78, 5) is 17.7. The average Bonchev–Trinajstić information content (AvgIpc) is 3.02. The summed E-state index contributed by atoms with van der Waals surface area (Å²) < 4.78 is 5.23. The minimum absolute atomic E-state index is 0. The zero-order valence-electron chi connectivity index (χ0n) is 23.2. The number of methoxy groups -OCH3 is 1. The van der Waals surface area contributed by atoms with Crippen LogP contribution < -0.4 is 4.74 Å². The fraction of sp³-hybridized carbons (Fsp3) is 0.0857. The third kappa shape index (κ3) is 8.27. The van der Waals surface area contributed by atoms with Gasteiger partial charge in [-0.15, -0.1) is 0 Å². The molecule has 4 aromatic carbocycles. The molecule has 0 bridgehead atoms. The van der Waals surface area contributed by atoms with E-state index in [0.717, 1.165) is 39.4 Å². The van der Waals surface area contributed by atoms with Crippen LogP contribution in [0.3, 0.4) is 0 Å². The van der Waals surface area contributed by atoms with Crippen LogP contribution in [0.4, 0.5) is 0 Å². The summed E-state index contributed by atoms with van der Waals surface area (Å²) in [5, 5.41) is 18.9. The number of benzene rings is 4. The first-order chi connectivity index (χ1) is 20.0. The molecule has 0 saturated heterocycles. The largest absolute Gasteiger partial charge is 0.508 e. The highest BCUT2D eigenvalue weighted by Gasteiger charge is 2.06. The third-order valence-corrected chi connectivity index (χ3v) is 6.27. The van der Waals surface area contributed by atoms with Gasteiger partial charge in [-0.1, -0.05) is 67.6 Å².